The van der Waals surface area contributed by atoms with Gasteiger partial charge in [0.2, 0.25) is 10.8 Å². The molecule has 0 spiro atoms. The number of alkyl halides is 2. The Labute approximate surface area is 246 Å². The van der Waals surface area contributed by atoms with Crippen LogP contribution in [0, 0.1) is 11.8 Å². The van der Waals surface area contributed by atoms with Gasteiger partial charge in [0.1, 0.15) is 9.71 Å². The van der Waals surface area contributed by atoms with Crippen LogP contribution in [0.1, 0.15) is 111 Å². The van der Waals surface area contributed by atoms with Gasteiger partial charge in [0.25, 0.3) is 5.92 Å². The molecular weight excluding hydrogens is 542 g/mol. The summed E-state index contributed by atoms with van der Waals surface area (Å²) in [5.74, 6) is -2.67. The van der Waals surface area contributed by atoms with Crippen LogP contribution in [-0.4, -0.2) is 31.8 Å². The molecule has 0 amide bonds. The van der Waals surface area contributed by atoms with E-state index in [4.69, 9.17) is 0 Å². The topological polar surface area (TPSA) is 70.2 Å². The molecule has 5 nitrogen and oxygen atoms in total. The molecule has 2 aliphatic rings. The summed E-state index contributed by atoms with van der Waals surface area (Å²) >= 11 is 0. The highest BCUT2D eigenvalue weighted by molar-refractivity contribution is 8.02. The van der Waals surface area contributed by atoms with Crippen molar-refractivity contribution in [2.75, 3.05) is 13.1 Å². The van der Waals surface area contributed by atoms with Gasteiger partial charge in [-0.1, -0.05) is 78.3 Å². The highest BCUT2D eigenvalue weighted by Gasteiger charge is 2.31. The third kappa shape index (κ3) is 10.7. The van der Waals surface area contributed by atoms with Crippen LogP contribution in [0.5, 0.6) is 0 Å². The van der Waals surface area contributed by atoms with E-state index in [1.807, 2.05) is 71.9 Å². The first kappa shape index (κ1) is 36.5. The van der Waals surface area contributed by atoms with Crippen LogP contribution in [0.25, 0.3) is 12.2 Å². The summed E-state index contributed by atoms with van der Waals surface area (Å²) in [7, 11) is -3.13. The molecule has 1 N–H and O–H groups in total. The highest BCUT2D eigenvalue weighted by Crippen LogP contribution is 2.35. The number of hydrogen-bond donors (Lipinski definition) is 1. The van der Waals surface area contributed by atoms with E-state index >= 15 is 0 Å². The number of aromatic nitrogens is 1. The molecule has 1 saturated carbocycles. The second-order valence-corrected chi connectivity index (χ2v) is 12.4. The van der Waals surface area contributed by atoms with Crippen LogP contribution in [0.3, 0.4) is 0 Å². The van der Waals surface area contributed by atoms with Gasteiger partial charge in [0.15, 0.2) is 0 Å². The Morgan fingerprint density at radius 2 is 1.90 bits per heavy atom. The number of nitrogens with one attached hydrogen (secondary N) is 1. The van der Waals surface area contributed by atoms with E-state index in [-0.39, 0.29) is 11.5 Å². The molecule has 0 saturated heterocycles. The Morgan fingerprint density at radius 3 is 2.44 bits per heavy atom. The lowest BCUT2D eigenvalue weighted by molar-refractivity contribution is 0.0170. The zero-order valence-corrected chi connectivity index (χ0v) is 27.0. The number of pyridine rings is 1. The van der Waals surface area contributed by atoms with E-state index in [1.54, 1.807) is 22.5 Å². The van der Waals surface area contributed by atoms with Crippen LogP contribution in [-0.2, 0) is 20.4 Å². The first-order valence-corrected chi connectivity index (χ1v) is 16.6. The Morgan fingerprint density at radius 1 is 1.24 bits per heavy atom. The molecule has 3 rings (SSSR count). The first-order valence-electron chi connectivity index (χ1n) is 15.1. The monoisotopic (exact) mass is 592 g/mol. The quantitative estimate of drug-likeness (QED) is 0.195. The zero-order valence-electron chi connectivity index (χ0n) is 26.2. The number of hydrogen-bond acceptors (Lipinski definition) is 3. The molecule has 41 heavy (non-hydrogen) atoms. The number of aromatic amines is 1. The van der Waals surface area contributed by atoms with E-state index < -0.39 is 21.2 Å². The summed E-state index contributed by atoms with van der Waals surface area (Å²) in [6.45, 7) is 16.0. The summed E-state index contributed by atoms with van der Waals surface area (Å²) in [6, 6.07) is 0.966. The molecule has 1 fully saturated rings. The van der Waals surface area contributed by atoms with Gasteiger partial charge >= 0.3 is 0 Å². The molecule has 0 bridgehead atoms. The third-order valence-electron chi connectivity index (χ3n) is 6.61. The van der Waals surface area contributed by atoms with Gasteiger partial charge in [0.05, 0.1) is 4.91 Å². The Balaban J connectivity index is 0.00000201. The van der Waals surface area contributed by atoms with Crippen molar-refractivity contribution in [1.82, 2.24) is 9.29 Å². The van der Waals surface area contributed by atoms with Crippen molar-refractivity contribution in [2.45, 2.75) is 99.8 Å². The summed E-state index contributed by atoms with van der Waals surface area (Å²) in [5, 5.41) is 1.89. The molecule has 0 aromatic carbocycles. The minimum Gasteiger partial charge on any atom is -0.322 e. The van der Waals surface area contributed by atoms with Crippen molar-refractivity contribution < 1.29 is 17.8 Å². The number of halogens is 2. The molecule has 0 radical (unpaired) electrons. The minimum atomic E-state index is -3.15. The number of fused-ring (bicyclic) bond motifs is 1. The molecule has 2 unspecified atom stereocenters. The predicted molar refractivity (Wildman–Crippen MR) is 171 cm³/mol. The van der Waals surface area contributed by atoms with E-state index in [0.29, 0.717) is 54.4 Å². The fourth-order valence-corrected chi connectivity index (χ4v) is 6.62. The normalized spacial score (nSPS) is 17.2. The molecule has 2 atom stereocenters. The molecule has 2 aliphatic carbocycles. The average molecular weight is 593 g/mol. The van der Waals surface area contributed by atoms with Gasteiger partial charge in [-0.15, -0.1) is 0 Å². The predicted octanol–water partition coefficient (Wildman–Crippen LogP) is 8.60. The maximum atomic E-state index is 14.3. The molecule has 1 aromatic heterocycles. The van der Waals surface area contributed by atoms with Gasteiger partial charge in [-0.3, -0.25) is 4.79 Å². The van der Waals surface area contributed by atoms with Gasteiger partial charge in [-0.25, -0.2) is 22.1 Å². The molecule has 1 aromatic rings. The maximum Gasteiger partial charge on any atom is 0.271 e. The SMILES string of the molecule is CC.CC.CC/C=C(\C=C/C(C)CC1=Cc2c(C(C)(F)F)cc(=O)[nH]c2C=CC1)S(=O)(=C=O)N(CCC)CC1CC1. The Kier molecular flexibility index (Phi) is 15.5. The molecule has 8 heteroatoms. The van der Waals surface area contributed by atoms with Crippen molar-refractivity contribution in [2.24, 2.45) is 11.8 Å². The lowest BCUT2D eigenvalue weighted by Gasteiger charge is -2.25. The van der Waals surface area contributed by atoms with Crippen LogP contribution in [0.4, 0.5) is 8.78 Å². The Bertz CT molecular complexity index is 1300. The van der Waals surface area contributed by atoms with Crippen molar-refractivity contribution in [3.63, 3.8) is 0 Å². The van der Waals surface area contributed by atoms with Crippen LogP contribution < -0.4 is 5.56 Å². The second kappa shape index (κ2) is 17.4. The van der Waals surface area contributed by atoms with Gasteiger partial charge < -0.3 is 4.98 Å². The molecule has 230 valence electrons. The van der Waals surface area contributed by atoms with Gasteiger partial charge in [0, 0.05) is 42.9 Å². The van der Waals surface area contributed by atoms with Crippen LogP contribution >= 0.6 is 0 Å². The summed E-state index contributed by atoms with van der Waals surface area (Å²) < 4.78 is 44.3. The minimum absolute atomic E-state index is 0.00633. The molecule has 1 heterocycles. The summed E-state index contributed by atoms with van der Waals surface area (Å²) in [6.07, 6.45) is 15.6. The smallest absolute Gasteiger partial charge is 0.271 e. The van der Waals surface area contributed by atoms with E-state index in [0.717, 1.165) is 37.8 Å². The number of rotatable bonds is 12. The lowest BCUT2D eigenvalue weighted by atomic mass is 9.95. The third-order valence-corrected chi connectivity index (χ3v) is 8.83. The van der Waals surface area contributed by atoms with E-state index in [1.165, 1.54) is 0 Å². The van der Waals surface area contributed by atoms with Gasteiger partial charge in [-0.05, 0) is 62.5 Å². The Hall–Kier alpha value is -2.54. The largest absolute Gasteiger partial charge is 0.322 e. The fourth-order valence-electron chi connectivity index (χ4n) is 4.60. The standard InChI is InChI=1S/C29H38F2N2O3S.2C2H6/c1-5-8-24(37(36,20-34)33(15-6-2)19-22-12-13-22)14-11-21(3)16-23-9-7-10-27-25(17-23)26(29(4,30)31)18-28(35)32-27;2*1-2/h7-8,10-11,14,17-18,21-22H,5-6,9,12-13,15-16,19H2,1-4H3,(H,32,35);2*1-2H3/b14-11-,24-8+;;. The van der Waals surface area contributed by atoms with Crippen LogP contribution in [0.15, 0.2) is 45.6 Å². The van der Waals surface area contributed by atoms with Crippen molar-refractivity contribution in [1.29, 1.82) is 0 Å². The van der Waals surface area contributed by atoms with Crippen molar-refractivity contribution >= 4 is 27.1 Å². The number of nitrogens with zero attached hydrogens (tertiary/aromatic N) is 1. The average Bonchev–Trinajstić information content (AvgIpc) is 3.79. The first-order chi connectivity index (χ1) is 19.5. The second-order valence-electron chi connectivity index (χ2n) is 10.2. The van der Waals surface area contributed by atoms with E-state index in [9.17, 15) is 22.6 Å². The number of H-pyrrole nitrogens is 1. The zero-order chi connectivity index (χ0) is 31.2. The van der Waals surface area contributed by atoms with Crippen LogP contribution in [0.2, 0.25) is 0 Å². The summed E-state index contributed by atoms with van der Waals surface area (Å²) in [4.78, 5) is 27.2. The fraction of sp³-hybridized carbons (Fsp3) is 0.576. The van der Waals surface area contributed by atoms with Gasteiger partial charge in [-0.2, -0.15) is 0 Å². The number of carbonyl (C=O) groups excluding carboxylic acids is 1. The van der Waals surface area contributed by atoms with Crippen molar-refractivity contribution in [3.05, 3.63) is 68.0 Å². The lowest BCUT2D eigenvalue weighted by Crippen LogP contribution is -2.34. The summed E-state index contributed by atoms with van der Waals surface area (Å²) in [5.41, 5.74) is 0.794. The van der Waals surface area contributed by atoms with Crippen molar-refractivity contribution in [3.8, 4) is 0 Å². The maximum absolute atomic E-state index is 14.3. The molecule has 0 aliphatic heterocycles. The molecular formula is C33H50F2N2O3S. The number of allylic oxidation sites excluding steroid dienone is 5. The van der Waals surface area contributed by atoms with E-state index in [2.05, 4.69) is 4.98 Å². The highest BCUT2D eigenvalue weighted by atomic mass is 32.2.